The maximum absolute atomic E-state index is 5.08. The van der Waals surface area contributed by atoms with Crippen LogP contribution in [0.1, 0.15) is 56.1 Å². The van der Waals surface area contributed by atoms with Crippen molar-refractivity contribution in [1.82, 2.24) is 15.0 Å². The number of rotatable bonds is 3. The lowest BCUT2D eigenvalue weighted by molar-refractivity contribution is 0.352. The fraction of sp³-hybridized carbons (Fsp3) is 0.242. The van der Waals surface area contributed by atoms with Crippen LogP contribution in [0.2, 0.25) is 0 Å². The van der Waals surface area contributed by atoms with Crippen molar-refractivity contribution in [2.24, 2.45) is 0 Å². The molecule has 0 aliphatic heterocycles. The summed E-state index contributed by atoms with van der Waals surface area (Å²) in [5, 5.41) is 0. The predicted molar refractivity (Wildman–Crippen MR) is 146 cm³/mol. The Morgan fingerprint density at radius 1 is 0.556 bits per heavy atom. The largest absolute Gasteiger partial charge is 0.208 e. The maximum Gasteiger partial charge on any atom is 0.164 e. The minimum Gasteiger partial charge on any atom is -0.208 e. The molecule has 1 spiro atoms. The number of hydrogen-bond acceptors (Lipinski definition) is 3. The lowest BCUT2D eigenvalue weighted by atomic mass is 9.67. The highest BCUT2D eigenvalue weighted by Gasteiger charge is 2.47. The van der Waals surface area contributed by atoms with E-state index in [1.807, 2.05) is 36.4 Å². The van der Waals surface area contributed by atoms with Crippen LogP contribution in [0.3, 0.4) is 0 Å². The topological polar surface area (TPSA) is 38.7 Å². The lowest BCUT2D eigenvalue weighted by Crippen LogP contribution is -2.28. The van der Waals surface area contributed by atoms with Crippen molar-refractivity contribution in [3.8, 4) is 34.2 Å². The van der Waals surface area contributed by atoms with E-state index < -0.39 is 0 Å². The first-order valence-corrected chi connectivity index (χ1v) is 13.3. The summed E-state index contributed by atoms with van der Waals surface area (Å²) in [5.74, 6) is 2.20. The van der Waals surface area contributed by atoms with Gasteiger partial charge in [-0.15, -0.1) is 0 Å². The van der Waals surface area contributed by atoms with Crippen LogP contribution < -0.4 is 0 Å². The van der Waals surface area contributed by atoms with Crippen molar-refractivity contribution in [2.75, 3.05) is 0 Å². The molecule has 3 aliphatic rings. The molecule has 0 radical (unpaired) electrons. The molecule has 3 heteroatoms. The lowest BCUT2D eigenvalue weighted by Gasteiger charge is -2.37. The van der Waals surface area contributed by atoms with Crippen LogP contribution in [0, 0.1) is 0 Å². The molecular weight excluding hydrogens is 438 g/mol. The van der Waals surface area contributed by atoms with E-state index in [9.17, 15) is 0 Å². The van der Waals surface area contributed by atoms with Crippen molar-refractivity contribution in [2.45, 2.75) is 50.4 Å². The molecule has 0 saturated heterocycles. The van der Waals surface area contributed by atoms with Gasteiger partial charge in [0.25, 0.3) is 0 Å². The molecule has 3 aliphatic carbocycles. The van der Waals surface area contributed by atoms with E-state index in [1.54, 1.807) is 5.57 Å². The number of benzene rings is 3. The molecule has 176 valence electrons. The first-order valence-electron chi connectivity index (χ1n) is 13.3. The summed E-state index contributed by atoms with van der Waals surface area (Å²) in [6, 6.07) is 27.3. The Labute approximate surface area is 212 Å². The third-order valence-electron chi connectivity index (χ3n) is 8.17. The molecule has 3 nitrogen and oxygen atoms in total. The molecule has 0 N–H and O–H groups in total. The molecule has 4 aromatic rings. The third kappa shape index (κ3) is 3.37. The molecule has 0 unspecified atom stereocenters. The number of nitrogens with zero attached hydrogens (tertiary/aromatic N) is 3. The van der Waals surface area contributed by atoms with Crippen LogP contribution in [-0.2, 0) is 5.41 Å². The molecule has 36 heavy (non-hydrogen) atoms. The summed E-state index contributed by atoms with van der Waals surface area (Å²) in [6.45, 7) is 0. The van der Waals surface area contributed by atoms with Gasteiger partial charge in [-0.25, -0.2) is 15.0 Å². The van der Waals surface area contributed by atoms with E-state index in [1.165, 1.54) is 48.8 Å². The first-order chi connectivity index (χ1) is 17.8. The third-order valence-corrected chi connectivity index (χ3v) is 8.17. The number of aromatic nitrogens is 3. The second-order valence-corrected chi connectivity index (χ2v) is 10.2. The highest BCUT2D eigenvalue weighted by molar-refractivity contribution is 5.96. The van der Waals surface area contributed by atoms with Crippen LogP contribution in [-0.4, -0.2) is 15.0 Å². The van der Waals surface area contributed by atoms with Gasteiger partial charge in [0.2, 0.25) is 0 Å². The van der Waals surface area contributed by atoms with Crippen LogP contribution in [0.15, 0.2) is 96.6 Å². The zero-order valence-electron chi connectivity index (χ0n) is 20.5. The summed E-state index contributed by atoms with van der Waals surface area (Å²) in [4.78, 5) is 15.1. The van der Waals surface area contributed by atoms with Gasteiger partial charge in [0.15, 0.2) is 17.5 Å². The molecule has 1 aromatic heterocycles. The van der Waals surface area contributed by atoms with Gasteiger partial charge in [0.05, 0.1) is 0 Å². The molecule has 1 heterocycles. The molecule has 0 atom stereocenters. The van der Waals surface area contributed by atoms with Gasteiger partial charge in [-0.2, -0.15) is 0 Å². The average Bonchev–Trinajstić information content (AvgIpc) is 3.23. The van der Waals surface area contributed by atoms with E-state index in [4.69, 9.17) is 15.0 Å². The summed E-state index contributed by atoms with van der Waals surface area (Å²) in [5.41, 5.74) is 9.14. The zero-order chi connectivity index (χ0) is 24.0. The van der Waals surface area contributed by atoms with Gasteiger partial charge in [0, 0.05) is 22.1 Å². The van der Waals surface area contributed by atoms with Crippen molar-refractivity contribution in [1.29, 1.82) is 0 Å². The maximum atomic E-state index is 5.08. The Morgan fingerprint density at radius 3 is 1.83 bits per heavy atom. The van der Waals surface area contributed by atoms with Gasteiger partial charge < -0.3 is 0 Å². The minimum absolute atomic E-state index is 0.160. The highest BCUT2D eigenvalue weighted by Crippen LogP contribution is 2.59. The first kappa shape index (κ1) is 21.4. The van der Waals surface area contributed by atoms with E-state index in [2.05, 4.69) is 54.6 Å². The van der Waals surface area contributed by atoms with E-state index in [0.29, 0.717) is 0 Å². The number of allylic oxidation sites excluding steroid dienone is 4. The quantitative estimate of drug-likeness (QED) is 0.305. The van der Waals surface area contributed by atoms with Crippen molar-refractivity contribution >= 4 is 5.57 Å². The molecule has 1 fully saturated rings. The average molecular weight is 468 g/mol. The van der Waals surface area contributed by atoms with Crippen LogP contribution >= 0.6 is 0 Å². The number of hydrogen-bond donors (Lipinski definition) is 0. The van der Waals surface area contributed by atoms with Crippen molar-refractivity contribution < 1.29 is 0 Å². The Morgan fingerprint density at radius 2 is 1.17 bits per heavy atom. The fourth-order valence-corrected chi connectivity index (χ4v) is 6.56. The summed E-state index contributed by atoms with van der Waals surface area (Å²) in [7, 11) is 0. The van der Waals surface area contributed by atoms with Crippen LogP contribution in [0.25, 0.3) is 39.7 Å². The van der Waals surface area contributed by atoms with Crippen LogP contribution in [0.4, 0.5) is 0 Å². The second-order valence-electron chi connectivity index (χ2n) is 10.2. The van der Waals surface area contributed by atoms with Crippen LogP contribution in [0.5, 0.6) is 0 Å². The van der Waals surface area contributed by atoms with Gasteiger partial charge in [-0.05, 0) is 48.0 Å². The summed E-state index contributed by atoms with van der Waals surface area (Å²) >= 11 is 0. The van der Waals surface area contributed by atoms with Gasteiger partial charge >= 0.3 is 0 Å². The molecule has 0 amide bonds. The van der Waals surface area contributed by atoms with E-state index in [-0.39, 0.29) is 5.41 Å². The minimum atomic E-state index is 0.160. The monoisotopic (exact) mass is 467 g/mol. The van der Waals surface area contributed by atoms with Gasteiger partial charge in [-0.3, -0.25) is 0 Å². The Balaban J connectivity index is 1.47. The predicted octanol–water partition coefficient (Wildman–Crippen LogP) is 8.19. The van der Waals surface area contributed by atoms with Crippen molar-refractivity contribution in [3.63, 3.8) is 0 Å². The Bertz CT molecular complexity index is 1440. The Hall–Kier alpha value is -3.85. The normalized spacial score (nSPS) is 17.8. The van der Waals surface area contributed by atoms with E-state index in [0.717, 1.165) is 47.0 Å². The fourth-order valence-electron chi connectivity index (χ4n) is 6.56. The smallest absolute Gasteiger partial charge is 0.164 e. The SMILES string of the molecule is C1=C2C(=CCC1)C1(CCCCC1)c1cccc(-c3nc(-c4ccccc4)nc(-c4ccccc4)n3)c12. The van der Waals surface area contributed by atoms with Gasteiger partial charge in [0.1, 0.15) is 0 Å². The van der Waals surface area contributed by atoms with Gasteiger partial charge in [-0.1, -0.05) is 110 Å². The Kier molecular flexibility index (Phi) is 5.16. The molecule has 0 bridgehead atoms. The second kappa shape index (κ2) is 8.67. The molecule has 3 aromatic carbocycles. The molecule has 1 saturated carbocycles. The zero-order valence-corrected chi connectivity index (χ0v) is 20.5. The summed E-state index contributed by atoms with van der Waals surface area (Å²) < 4.78 is 0. The van der Waals surface area contributed by atoms with E-state index >= 15 is 0 Å². The highest BCUT2D eigenvalue weighted by atomic mass is 15.0. The number of fused-ring (bicyclic) bond motifs is 5. The molecule has 7 rings (SSSR count). The van der Waals surface area contributed by atoms with Crippen molar-refractivity contribution in [3.05, 3.63) is 108 Å². The standard InChI is InChI=1S/C33H29N3/c1-4-13-23(14-5-1)30-34-31(24-15-6-2-7-16-24)36-32(35-30)26-18-12-20-28-29(26)25-17-8-9-19-27(25)33(28)21-10-3-11-22-33/h1-2,4-7,12-20H,3,8-11,21-22H2. The molecular formula is C33H29N3. The summed E-state index contributed by atoms with van der Waals surface area (Å²) in [6.07, 6.45) is 13.7.